The Balaban J connectivity index is 2.22. The average Bonchev–Trinajstić information content (AvgIpc) is 2.82. The Kier molecular flexibility index (Phi) is 3.47. The van der Waals surface area contributed by atoms with E-state index in [1.807, 2.05) is 0 Å². The Labute approximate surface area is 100 Å². The maximum atomic E-state index is 11.7. The summed E-state index contributed by atoms with van der Waals surface area (Å²) in [6.07, 6.45) is 1.21. The van der Waals surface area contributed by atoms with Crippen molar-refractivity contribution < 1.29 is 19.1 Å². The van der Waals surface area contributed by atoms with E-state index in [4.69, 9.17) is 9.47 Å². The van der Waals surface area contributed by atoms with Crippen molar-refractivity contribution in [2.24, 2.45) is 11.8 Å². The standard InChI is InChI=1S/C12H17NO4/c1-16-11(14)9-3-7-5-13-6-8(7)4-10(9)12(15)17-2/h9-10,13H,3-6H2,1-2H3. The molecule has 2 aliphatic rings. The van der Waals surface area contributed by atoms with Crippen molar-refractivity contribution in [1.82, 2.24) is 5.32 Å². The molecular formula is C12H17NO4. The molecule has 0 bridgehead atoms. The number of carbonyl (C=O) groups is 2. The number of nitrogens with one attached hydrogen (secondary N) is 1. The molecule has 5 nitrogen and oxygen atoms in total. The van der Waals surface area contributed by atoms with E-state index >= 15 is 0 Å². The molecule has 2 atom stereocenters. The highest BCUT2D eigenvalue weighted by Crippen LogP contribution is 2.37. The van der Waals surface area contributed by atoms with Crippen molar-refractivity contribution >= 4 is 11.9 Å². The zero-order valence-corrected chi connectivity index (χ0v) is 10.1. The summed E-state index contributed by atoms with van der Waals surface area (Å²) in [6.45, 7) is 1.63. The van der Waals surface area contributed by atoms with Gasteiger partial charge in [-0.2, -0.15) is 0 Å². The molecule has 5 heteroatoms. The van der Waals surface area contributed by atoms with E-state index < -0.39 is 11.8 Å². The first-order chi connectivity index (χ1) is 8.17. The van der Waals surface area contributed by atoms with Crippen LogP contribution in [0.15, 0.2) is 11.1 Å². The van der Waals surface area contributed by atoms with Crippen LogP contribution in [-0.4, -0.2) is 39.2 Å². The monoisotopic (exact) mass is 239 g/mol. The SMILES string of the molecule is COC(=O)C1CC2=C(CNC2)CC1C(=O)OC. The van der Waals surface area contributed by atoms with Gasteiger partial charge in [0.25, 0.3) is 0 Å². The molecule has 0 aromatic carbocycles. The van der Waals surface area contributed by atoms with E-state index in [1.165, 1.54) is 25.4 Å². The molecule has 2 rings (SSSR count). The molecule has 0 aromatic rings. The zero-order chi connectivity index (χ0) is 12.4. The van der Waals surface area contributed by atoms with E-state index in [2.05, 4.69) is 5.32 Å². The van der Waals surface area contributed by atoms with E-state index in [-0.39, 0.29) is 11.9 Å². The molecule has 0 spiro atoms. The zero-order valence-electron chi connectivity index (χ0n) is 10.1. The second-order valence-electron chi connectivity index (χ2n) is 4.48. The fraction of sp³-hybridized carbons (Fsp3) is 0.667. The van der Waals surface area contributed by atoms with Gasteiger partial charge in [-0.25, -0.2) is 0 Å². The van der Waals surface area contributed by atoms with Crippen molar-refractivity contribution in [2.45, 2.75) is 12.8 Å². The molecular weight excluding hydrogens is 222 g/mol. The Morgan fingerprint density at radius 2 is 1.41 bits per heavy atom. The molecule has 0 fully saturated rings. The molecule has 2 unspecified atom stereocenters. The second-order valence-corrected chi connectivity index (χ2v) is 4.48. The number of hydrogen-bond donors (Lipinski definition) is 1. The molecule has 94 valence electrons. The van der Waals surface area contributed by atoms with Gasteiger partial charge in [0.1, 0.15) is 0 Å². The van der Waals surface area contributed by atoms with E-state index in [0.29, 0.717) is 12.8 Å². The highest BCUT2D eigenvalue weighted by molar-refractivity contribution is 5.83. The predicted octanol–water partition coefficient (Wildman–Crippen LogP) is 0.258. The van der Waals surface area contributed by atoms with Crippen molar-refractivity contribution in [3.8, 4) is 0 Å². The maximum absolute atomic E-state index is 11.7. The van der Waals surface area contributed by atoms with Gasteiger partial charge in [-0.15, -0.1) is 0 Å². The summed E-state index contributed by atoms with van der Waals surface area (Å²) in [5.74, 6) is -1.44. The van der Waals surface area contributed by atoms with Crippen LogP contribution in [0, 0.1) is 11.8 Å². The smallest absolute Gasteiger partial charge is 0.309 e. The van der Waals surface area contributed by atoms with Crippen LogP contribution in [-0.2, 0) is 19.1 Å². The minimum atomic E-state index is -0.397. The summed E-state index contributed by atoms with van der Waals surface area (Å²) in [5, 5.41) is 3.24. The average molecular weight is 239 g/mol. The van der Waals surface area contributed by atoms with Gasteiger partial charge in [0, 0.05) is 13.1 Å². The van der Waals surface area contributed by atoms with Crippen molar-refractivity contribution in [3.05, 3.63) is 11.1 Å². The fourth-order valence-electron chi connectivity index (χ4n) is 2.66. The van der Waals surface area contributed by atoms with Crippen LogP contribution in [0.25, 0.3) is 0 Å². The first kappa shape index (κ1) is 12.1. The van der Waals surface area contributed by atoms with Gasteiger partial charge in [-0.1, -0.05) is 11.1 Å². The third-order valence-electron chi connectivity index (χ3n) is 3.60. The van der Waals surface area contributed by atoms with Crippen LogP contribution < -0.4 is 5.32 Å². The molecule has 17 heavy (non-hydrogen) atoms. The summed E-state index contributed by atoms with van der Waals surface area (Å²) in [7, 11) is 2.71. The van der Waals surface area contributed by atoms with Crippen LogP contribution >= 0.6 is 0 Å². The lowest BCUT2D eigenvalue weighted by Gasteiger charge is -2.28. The third-order valence-corrected chi connectivity index (χ3v) is 3.60. The highest BCUT2D eigenvalue weighted by Gasteiger charge is 2.41. The van der Waals surface area contributed by atoms with Crippen LogP contribution in [0.1, 0.15) is 12.8 Å². The molecule has 1 aliphatic carbocycles. The quantitative estimate of drug-likeness (QED) is 0.553. The van der Waals surface area contributed by atoms with Gasteiger partial charge in [-0.3, -0.25) is 9.59 Å². The van der Waals surface area contributed by atoms with Crippen LogP contribution in [0.4, 0.5) is 0 Å². The summed E-state index contributed by atoms with van der Waals surface area (Å²) in [5.41, 5.74) is 2.50. The van der Waals surface area contributed by atoms with Crippen molar-refractivity contribution in [1.29, 1.82) is 0 Å². The summed E-state index contributed by atoms with van der Waals surface area (Å²) in [4.78, 5) is 23.4. The van der Waals surface area contributed by atoms with Crippen LogP contribution in [0.5, 0.6) is 0 Å². The maximum Gasteiger partial charge on any atom is 0.309 e. The van der Waals surface area contributed by atoms with Gasteiger partial charge in [0.2, 0.25) is 0 Å². The normalized spacial score (nSPS) is 27.6. The van der Waals surface area contributed by atoms with Gasteiger partial charge in [0.05, 0.1) is 26.1 Å². The lowest BCUT2D eigenvalue weighted by Crippen LogP contribution is -2.35. The number of rotatable bonds is 2. The Morgan fingerprint density at radius 3 is 1.76 bits per heavy atom. The van der Waals surface area contributed by atoms with Gasteiger partial charge in [0.15, 0.2) is 0 Å². The van der Waals surface area contributed by atoms with Gasteiger partial charge >= 0.3 is 11.9 Å². The molecule has 0 aromatic heterocycles. The molecule has 0 radical (unpaired) electrons. The molecule has 0 amide bonds. The molecule has 0 saturated carbocycles. The van der Waals surface area contributed by atoms with Crippen molar-refractivity contribution in [3.63, 3.8) is 0 Å². The Morgan fingerprint density at radius 1 is 1.00 bits per heavy atom. The van der Waals surface area contributed by atoms with Gasteiger partial charge < -0.3 is 14.8 Å². The molecule has 1 N–H and O–H groups in total. The minimum Gasteiger partial charge on any atom is -0.469 e. The number of carbonyl (C=O) groups excluding carboxylic acids is 2. The van der Waals surface area contributed by atoms with Crippen LogP contribution in [0.3, 0.4) is 0 Å². The van der Waals surface area contributed by atoms with E-state index in [0.717, 1.165) is 13.1 Å². The Bertz CT molecular complexity index is 341. The first-order valence-corrected chi connectivity index (χ1v) is 5.73. The molecule has 1 aliphatic heterocycles. The number of ether oxygens (including phenoxy) is 2. The summed E-state index contributed by atoms with van der Waals surface area (Å²) < 4.78 is 9.55. The van der Waals surface area contributed by atoms with E-state index in [1.54, 1.807) is 0 Å². The Hall–Kier alpha value is -1.36. The van der Waals surface area contributed by atoms with Crippen molar-refractivity contribution in [2.75, 3.05) is 27.3 Å². The highest BCUT2D eigenvalue weighted by atomic mass is 16.5. The lowest BCUT2D eigenvalue weighted by molar-refractivity contribution is -0.157. The fourth-order valence-corrected chi connectivity index (χ4v) is 2.66. The van der Waals surface area contributed by atoms with Gasteiger partial charge in [-0.05, 0) is 12.8 Å². The number of hydrogen-bond acceptors (Lipinski definition) is 5. The van der Waals surface area contributed by atoms with Crippen LogP contribution in [0.2, 0.25) is 0 Å². The predicted molar refractivity (Wildman–Crippen MR) is 60.1 cm³/mol. The number of methoxy groups -OCH3 is 2. The summed E-state index contributed by atoms with van der Waals surface area (Å²) >= 11 is 0. The number of esters is 2. The minimum absolute atomic E-state index is 0.321. The molecule has 1 heterocycles. The van der Waals surface area contributed by atoms with E-state index in [9.17, 15) is 9.59 Å². The largest absolute Gasteiger partial charge is 0.469 e. The third kappa shape index (κ3) is 2.20. The molecule has 0 saturated heterocycles. The topological polar surface area (TPSA) is 64.6 Å². The first-order valence-electron chi connectivity index (χ1n) is 5.73. The second kappa shape index (κ2) is 4.87. The lowest BCUT2D eigenvalue weighted by atomic mass is 9.76. The summed E-state index contributed by atoms with van der Waals surface area (Å²) in [6, 6.07) is 0.